The molecule has 3 aliphatic heterocycles. The molecule has 27 nitrogen and oxygen atoms in total. The van der Waals surface area contributed by atoms with Crippen molar-refractivity contribution in [2.45, 2.75) is 280 Å². The minimum Gasteiger partial charge on any atom is -0.463 e. The van der Waals surface area contributed by atoms with Crippen LogP contribution >= 0.6 is 0 Å². The maximum Gasteiger partial charge on any atom is 0.408 e. The Labute approximate surface area is 661 Å². The van der Waals surface area contributed by atoms with Crippen molar-refractivity contribution in [3.8, 4) is 0 Å². The van der Waals surface area contributed by atoms with Crippen molar-refractivity contribution < 1.29 is 110 Å². The number of alkyl carbamates (subject to hydrolysis) is 1. The Kier molecular flexibility index (Phi) is 49.5. The van der Waals surface area contributed by atoms with Crippen LogP contribution in [-0.4, -0.2) is 207 Å². The van der Waals surface area contributed by atoms with E-state index >= 15 is 0 Å². The summed E-state index contributed by atoms with van der Waals surface area (Å²) in [7, 11) is 0. The molecule has 0 saturated carbocycles. The fourth-order valence-corrected chi connectivity index (χ4v) is 13.8. The number of Topliss-reactive ketones (excluding diaryl/α,β-unsaturated/α-hetero) is 4. The van der Waals surface area contributed by atoms with Crippen LogP contribution in [0.3, 0.4) is 0 Å². The summed E-state index contributed by atoms with van der Waals surface area (Å²) in [6.45, 7) is 26.6. The lowest BCUT2D eigenvalue weighted by Gasteiger charge is -2.43. The SMILES string of the molecule is CC(=O)OCC1O[C@@H](OCCCCC(=O)CCCCCC(=O)CCOCC(COCCC(=O)CCCCCC(=O)CCCCO[C@@H]2OC(COC(C)=O)[C@H](C)[C@H](C)C2C)(COCCC(=O)NCCCNCCCNC(=O)CCCO[C@@H]2OC(COC(C)=O)[C@H](C)[C@H](C)C2C)NC(=O)OCc2ccccc2)C(C)[C@@H](C)[C@H]1C. The van der Waals surface area contributed by atoms with Gasteiger partial charge in [-0.15, -0.1) is 0 Å². The van der Waals surface area contributed by atoms with Gasteiger partial charge in [-0.2, -0.15) is 0 Å². The van der Waals surface area contributed by atoms with Crippen molar-refractivity contribution in [2.75, 3.05) is 105 Å². The third-order valence-electron chi connectivity index (χ3n) is 22.2. The van der Waals surface area contributed by atoms with E-state index in [0.29, 0.717) is 192 Å². The number of ketones is 4. The Balaban J connectivity index is 1.20. The largest absolute Gasteiger partial charge is 0.463 e. The van der Waals surface area contributed by atoms with E-state index in [2.05, 4.69) is 83.6 Å². The molecular weight excluding hydrogens is 1430 g/mol. The van der Waals surface area contributed by atoms with Gasteiger partial charge in [-0.25, -0.2) is 4.79 Å². The van der Waals surface area contributed by atoms with Gasteiger partial charge in [0.05, 0.1) is 64.6 Å². The normalized spacial score (nSPS) is 24.3. The second-order valence-electron chi connectivity index (χ2n) is 31.2. The number of ether oxygens (including phenoxy) is 13. The summed E-state index contributed by atoms with van der Waals surface area (Å²) in [5.41, 5.74) is -0.641. The fraction of sp³-hybridized carbons (Fsp3) is 0.810. The van der Waals surface area contributed by atoms with Gasteiger partial charge in [0.15, 0.2) is 18.9 Å². The monoisotopic (exact) mass is 1570 g/mol. The molecule has 4 rings (SSSR count). The van der Waals surface area contributed by atoms with Crippen molar-refractivity contribution >= 4 is 58.9 Å². The summed E-state index contributed by atoms with van der Waals surface area (Å²) in [4.78, 5) is 126. The van der Waals surface area contributed by atoms with Crippen LogP contribution in [0.15, 0.2) is 30.3 Å². The second kappa shape index (κ2) is 56.4. The highest BCUT2D eigenvalue weighted by atomic mass is 16.7. The van der Waals surface area contributed by atoms with E-state index in [1.165, 1.54) is 20.8 Å². The molecule has 0 radical (unpaired) electrons. The van der Waals surface area contributed by atoms with Gasteiger partial charge in [0.25, 0.3) is 0 Å². The number of hydrogen-bond donors (Lipinski definition) is 4. The van der Waals surface area contributed by atoms with E-state index in [9.17, 15) is 47.9 Å². The molecule has 1 aromatic rings. The van der Waals surface area contributed by atoms with E-state index in [0.717, 1.165) is 5.56 Å². The Morgan fingerprint density at radius 2 is 0.694 bits per heavy atom. The first-order valence-electron chi connectivity index (χ1n) is 41.4. The molecule has 0 bridgehead atoms. The molecule has 4 N–H and O–H groups in total. The number of amides is 3. The number of esters is 3. The van der Waals surface area contributed by atoms with E-state index < -0.39 is 30.5 Å². The molecule has 3 fully saturated rings. The van der Waals surface area contributed by atoms with Crippen molar-refractivity contribution in [1.29, 1.82) is 0 Å². The summed E-state index contributed by atoms with van der Waals surface area (Å²) in [6.07, 6.45) is 8.68. The van der Waals surface area contributed by atoms with Crippen LogP contribution in [-0.2, 0) is 111 Å². The molecule has 0 spiro atoms. The lowest BCUT2D eigenvalue weighted by molar-refractivity contribution is -0.255. The summed E-state index contributed by atoms with van der Waals surface area (Å²) in [6, 6.07) is 9.16. The molecule has 3 saturated heterocycles. The zero-order valence-electron chi connectivity index (χ0n) is 69.2. The number of carbonyl (C=O) groups excluding carboxylic acids is 10. The fourth-order valence-electron chi connectivity index (χ4n) is 13.8. The molecule has 3 aliphatic rings. The summed E-state index contributed by atoms with van der Waals surface area (Å²) in [5.74, 6) is 0.909. The van der Waals surface area contributed by atoms with Gasteiger partial charge in [0.2, 0.25) is 11.8 Å². The zero-order valence-corrected chi connectivity index (χ0v) is 69.2. The van der Waals surface area contributed by atoms with Crippen molar-refractivity contribution in [3.05, 3.63) is 35.9 Å². The minimum absolute atomic E-state index is 0.00641. The van der Waals surface area contributed by atoms with E-state index in [1.807, 2.05) is 30.3 Å². The first-order valence-corrected chi connectivity index (χ1v) is 41.4. The highest BCUT2D eigenvalue weighted by Gasteiger charge is 2.43. The Morgan fingerprint density at radius 3 is 1.07 bits per heavy atom. The van der Waals surface area contributed by atoms with Crippen molar-refractivity contribution in [1.82, 2.24) is 21.3 Å². The molecular formula is C84H140N4O23. The van der Waals surface area contributed by atoms with Gasteiger partial charge in [0, 0.05) is 129 Å². The number of benzene rings is 1. The Hall–Kier alpha value is -5.88. The van der Waals surface area contributed by atoms with Crippen LogP contribution in [0.4, 0.5) is 4.79 Å². The molecule has 27 heteroatoms. The summed E-state index contributed by atoms with van der Waals surface area (Å²) < 4.78 is 76.6. The third kappa shape index (κ3) is 41.3. The van der Waals surface area contributed by atoms with E-state index in [1.54, 1.807) is 0 Å². The standard InChI is InChI=1S/C84H140N4O23/c1-58-61(4)75(52-105-67(10)89)109-80(64(58)7)102-45-24-22-35-71(92)31-18-14-20-33-73(94)38-48-99-55-84(88-83(98)108-51-70-29-16-13-17-30-70,56-100-49-39-74(95)34-21-15-19-32-72(93)36-23-25-46-103-81-65(8)59(2)62(5)76(110-81)53-106-68(11)90)57-101-50-40-79(97)87-44-28-42-85-41-27-43-86-78(96)37-26-47-104-82-66(9)60(3)63(6)77(111-82)54-107-69(12)91/h13,16-17,29-30,58-66,75-77,80-82,85H,14-15,18-28,31-57H2,1-12H3,(H,86,96)(H,87,97)(H,88,98)/t58-,59-,60-,61+,62+,63+,64?,65?,66?,75?,76?,77?,80+,81+,82+,84?/m0/s1. The van der Waals surface area contributed by atoms with Crippen LogP contribution in [0.5, 0.6) is 0 Å². The molecule has 0 aliphatic carbocycles. The second-order valence-corrected chi connectivity index (χ2v) is 31.2. The maximum absolute atomic E-state index is 13.7. The van der Waals surface area contributed by atoms with Crippen LogP contribution in [0.25, 0.3) is 0 Å². The van der Waals surface area contributed by atoms with Crippen LogP contribution in [0.1, 0.15) is 236 Å². The van der Waals surface area contributed by atoms with Gasteiger partial charge in [-0.05, 0) is 125 Å². The van der Waals surface area contributed by atoms with Gasteiger partial charge >= 0.3 is 24.0 Å². The predicted molar refractivity (Wildman–Crippen MR) is 416 cm³/mol. The van der Waals surface area contributed by atoms with E-state index in [4.69, 9.17) is 61.6 Å². The zero-order chi connectivity index (χ0) is 81.4. The number of unbranched alkanes of at least 4 members (excludes halogenated alkanes) is 6. The first-order chi connectivity index (χ1) is 53.2. The molecule has 0 aromatic heterocycles. The lowest BCUT2D eigenvalue weighted by Crippen LogP contribution is -2.58. The summed E-state index contributed by atoms with van der Waals surface area (Å²) >= 11 is 0. The summed E-state index contributed by atoms with van der Waals surface area (Å²) in [5, 5.41) is 12.1. The number of rotatable bonds is 61. The molecule has 111 heavy (non-hydrogen) atoms. The Bertz CT molecular complexity index is 2750. The van der Waals surface area contributed by atoms with Crippen molar-refractivity contribution in [2.24, 2.45) is 53.3 Å². The topological polar surface area (TPSA) is 339 Å². The number of carbonyl (C=O) groups is 10. The van der Waals surface area contributed by atoms with Crippen LogP contribution < -0.4 is 21.3 Å². The van der Waals surface area contributed by atoms with Gasteiger partial charge in [0.1, 0.15) is 55.1 Å². The van der Waals surface area contributed by atoms with Gasteiger partial charge in [-0.3, -0.25) is 43.2 Å². The third-order valence-corrected chi connectivity index (χ3v) is 22.2. The molecule has 3 amide bonds. The van der Waals surface area contributed by atoms with Gasteiger partial charge in [-0.1, -0.05) is 105 Å². The molecule has 634 valence electrons. The first kappa shape index (κ1) is 97.5. The average Bonchev–Trinajstić information content (AvgIpc) is 0.830. The lowest BCUT2D eigenvalue weighted by atomic mass is 9.79. The average molecular weight is 1570 g/mol. The number of hydrogen-bond acceptors (Lipinski definition) is 24. The quantitative estimate of drug-likeness (QED) is 0.0267. The smallest absolute Gasteiger partial charge is 0.408 e. The predicted octanol–water partition coefficient (Wildman–Crippen LogP) is 11.4. The minimum atomic E-state index is -1.39. The molecule has 1 aromatic carbocycles. The highest BCUT2D eigenvalue weighted by Crippen LogP contribution is 2.38. The molecule has 15 atom stereocenters. The van der Waals surface area contributed by atoms with Crippen molar-refractivity contribution in [3.63, 3.8) is 0 Å². The highest BCUT2D eigenvalue weighted by molar-refractivity contribution is 5.80. The van der Waals surface area contributed by atoms with E-state index in [-0.39, 0.29) is 192 Å². The van der Waals surface area contributed by atoms with Crippen LogP contribution in [0.2, 0.25) is 0 Å². The van der Waals surface area contributed by atoms with Crippen LogP contribution in [0, 0.1) is 53.3 Å². The maximum atomic E-state index is 13.7. The number of nitrogens with one attached hydrogen (secondary N) is 4. The molecule has 3 heterocycles. The Morgan fingerprint density at radius 1 is 0.351 bits per heavy atom. The van der Waals surface area contributed by atoms with Gasteiger partial charge < -0.3 is 82.8 Å². The molecule has 6 unspecified atom stereocenters.